The minimum atomic E-state index is 0. The highest BCUT2D eigenvalue weighted by atomic mass is 127. The molecule has 156 valence electrons. The van der Waals surface area contributed by atoms with Crippen LogP contribution in [0.2, 0.25) is 0 Å². The predicted molar refractivity (Wildman–Crippen MR) is 128 cm³/mol. The number of hydrogen-bond acceptors (Lipinski definition) is 0. The molecule has 0 saturated heterocycles. The molecule has 5 rings (SSSR count). The standard InChI is InChI=1S/C30H24N.HI/c1-5-13-24(14-6-1)23-31-29(26-17-9-3-10-18-26)21-28(25-15-7-2-8-16-25)22-30(31)27-19-11-4-12-20-27;/h1-22H,23H2;1H/q+1;/p-1. The Labute approximate surface area is 207 Å². The van der Waals surface area contributed by atoms with Crippen LogP contribution in [0.4, 0.5) is 0 Å². The number of aromatic nitrogens is 1. The lowest BCUT2D eigenvalue weighted by Gasteiger charge is -2.13. The van der Waals surface area contributed by atoms with Crippen molar-refractivity contribution >= 4 is 0 Å². The van der Waals surface area contributed by atoms with Crippen molar-refractivity contribution in [2.75, 3.05) is 0 Å². The first kappa shape index (κ1) is 22.0. The molecule has 0 radical (unpaired) electrons. The van der Waals surface area contributed by atoms with E-state index >= 15 is 0 Å². The minimum Gasteiger partial charge on any atom is -1.00 e. The quantitative estimate of drug-likeness (QED) is 0.241. The van der Waals surface area contributed by atoms with Crippen molar-refractivity contribution in [3.63, 3.8) is 0 Å². The van der Waals surface area contributed by atoms with Gasteiger partial charge in [-0.3, -0.25) is 0 Å². The second-order valence-corrected chi connectivity index (χ2v) is 7.68. The molecule has 1 aromatic heterocycles. The fraction of sp³-hybridized carbons (Fsp3) is 0.0333. The third-order valence-corrected chi connectivity index (χ3v) is 5.60. The molecule has 32 heavy (non-hydrogen) atoms. The lowest BCUT2D eigenvalue weighted by Crippen LogP contribution is -3.00. The van der Waals surface area contributed by atoms with E-state index in [0.717, 1.165) is 6.54 Å². The zero-order valence-electron chi connectivity index (χ0n) is 17.7. The molecule has 5 aromatic rings. The molecule has 0 N–H and O–H groups in total. The van der Waals surface area contributed by atoms with E-state index in [4.69, 9.17) is 0 Å². The first-order valence-electron chi connectivity index (χ1n) is 10.7. The molecular formula is C30H24IN. The van der Waals surface area contributed by atoms with Crippen molar-refractivity contribution in [3.05, 3.63) is 139 Å². The molecule has 0 unspecified atom stereocenters. The number of halogens is 1. The van der Waals surface area contributed by atoms with Crippen molar-refractivity contribution in [2.45, 2.75) is 6.54 Å². The monoisotopic (exact) mass is 525 g/mol. The summed E-state index contributed by atoms with van der Waals surface area (Å²) in [5.41, 5.74) is 8.59. The van der Waals surface area contributed by atoms with E-state index in [2.05, 4.69) is 138 Å². The lowest BCUT2D eigenvalue weighted by molar-refractivity contribution is -0.666. The van der Waals surface area contributed by atoms with Gasteiger partial charge in [0, 0.05) is 28.8 Å². The van der Waals surface area contributed by atoms with E-state index in [1.807, 2.05) is 0 Å². The molecule has 2 heteroatoms. The van der Waals surface area contributed by atoms with Gasteiger partial charge in [0.15, 0.2) is 6.54 Å². The Hall–Kier alpha value is -3.24. The largest absolute Gasteiger partial charge is 1.00 e. The Kier molecular flexibility index (Phi) is 7.13. The first-order chi connectivity index (χ1) is 15.4. The van der Waals surface area contributed by atoms with Gasteiger partial charge in [-0.2, -0.15) is 4.57 Å². The summed E-state index contributed by atoms with van der Waals surface area (Å²) < 4.78 is 2.44. The van der Waals surface area contributed by atoms with Crippen LogP contribution in [0.1, 0.15) is 5.56 Å². The van der Waals surface area contributed by atoms with E-state index in [0.29, 0.717) is 0 Å². The van der Waals surface area contributed by atoms with Gasteiger partial charge in [-0.1, -0.05) is 97.1 Å². The first-order valence-corrected chi connectivity index (χ1v) is 10.7. The summed E-state index contributed by atoms with van der Waals surface area (Å²) in [6.07, 6.45) is 0. The van der Waals surface area contributed by atoms with Gasteiger partial charge >= 0.3 is 0 Å². The van der Waals surface area contributed by atoms with Crippen LogP contribution in [0.15, 0.2) is 133 Å². The highest BCUT2D eigenvalue weighted by molar-refractivity contribution is 5.73. The van der Waals surface area contributed by atoms with Gasteiger partial charge in [0.25, 0.3) is 0 Å². The highest BCUT2D eigenvalue weighted by Crippen LogP contribution is 2.29. The molecule has 1 heterocycles. The van der Waals surface area contributed by atoms with Crippen molar-refractivity contribution in [1.29, 1.82) is 0 Å². The number of benzene rings is 4. The Morgan fingerprint density at radius 2 is 0.781 bits per heavy atom. The third kappa shape index (κ3) is 4.81. The van der Waals surface area contributed by atoms with Crippen molar-refractivity contribution in [2.24, 2.45) is 0 Å². The number of rotatable bonds is 5. The van der Waals surface area contributed by atoms with Gasteiger partial charge in [-0.25, -0.2) is 0 Å². The Morgan fingerprint density at radius 1 is 0.406 bits per heavy atom. The topological polar surface area (TPSA) is 3.88 Å². The molecule has 0 amide bonds. The van der Waals surface area contributed by atoms with Crippen LogP contribution in [-0.2, 0) is 6.54 Å². The summed E-state index contributed by atoms with van der Waals surface area (Å²) in [6.45, 7) is 0.810. The average Bonchev–Trinajstić information content (AvgIpc) is 2.86. The summed E-state index contributed by atoms with van der Waals surface area (Å²) in [4.78, 5) is 0. The Balaban J connectivity index is 0.00000245. The fourth-order valence-electron chi connectivity index (χ4n) is 4.05. The SMILES string of the molecule is [I-].c1ccc(C[n+]2c(-c3ccccc3)cc(-c3ccccc3)cc2-c2ccccc2)cc1. The predicted octanol–water partition coefficient (Wildman–Crippen LogP) is 4.03. The van der Waals surface area contributed by atoms with Gasteiger partial charge in [-0.15, -0.1) is 0 Å². The normalized spacial score (nSPS) is 10.4. The minimum absolute atomic E-state index is 0. The van der Waals surface area contributed by atoms with Gasteiger partial charge in [-0.05, 0) is 35.4 Å². The van der Waals surface area contributed by atoms with Crippen molar-refractivity contribution < 1.29 is 28.5 Å². The van der Waals surface area contributed by atoms with Crippen LogP contribution in [0, 0.1) is 0 Å². The summed E-state index contributed by atoms with van der Waals surface area (Å²) in [5.74, 6) is 0. The average molecular weight is 525 g/mol. The molecule has 0 fully saturated rings. The Bertz CT molecular complexity index is 1210. The Morgan fingerprint density at radius 3 is 1.22 bits per heavy atom. The zero-order valence-corrected chi connectivity index (χ0v) is 19.9. The zero-order chi connectivity index (χ0) is 20.9. The van der Waals surface area contributed by atoms with Gasteiger partial charge in [0.05, 0.1) is 0 Å². The summed E-state index contributed by atoms with van der Waals surface area (Å²) >= 11 is 0. The fourth-order valence-corrected chi connectivity index (χ4v) is 4.05. The van der Waals surface area contributed by atoms with E-state index in [-0.39, 0.29) is 24.0 Å². The molecule has 0 aliphatic rings. The van der Waals surface area contributed by atoms with E-state index < -0.39 is 0 Å². The summed E-state index contributed by atoms with van der Waals surface area (Å²) in [5, 5.41) is 0. The maximum absolute atomic E-state index is 2.44. The van der Waals surface area contributed by atoms with Gasteiger partial charge in [0.2, 0.25) is 11.4 Å². The molecule has 1 nitrogen and oxygen atoms in total. The summed E-state index contributed by atoms with van der Waals surface area (Å²) in [7, 11) is 0. The smallest absolute Gasteiger partial charge is 0.213 e. The second kappa shape index (κ2) is 10.4. The third-order valence-electron chi connectivity index (χ3n) is 5.60. The molecule has 0 saturated carbocycles. The molecule has 0 bridgehead atoms. The van der Waals surface area contributed by atoms with Crippen molar-refractivity contribution in [1.82, 2.24) is 0 Å². The molecule has 0 spiro atoms. The van der Waals surface area contributed by atoms with E-state index in [1.165, 1.54) is 39.2 Å². The second-order valence-electron chi connectivity index (χ2n) is 7.68. The van der Waals surface area contributed by atoms with E-state index in [1.54, 1.807) is 0 Å². The van der Waals surface area contributed by atoms with Crippen LogP contribution < -0.4 is 28.5 Å². The molecule has 0 atom stereocenters. The molecule has 0 aliphatic heterocycles. The lowest BCUT2D eigenvalue weighted by atomic mass is 9.98. The molecular weight excluding hydrogens is 501 g/mol. The van der Waals surface area contributed by atoms with Crippen LogP contribution in [-0.4, -0.2) is 0 Å². The highest BCUT2D eigenvalue weighted by Gasteiger charge is 2.22. The molecule has 4 aromatic carbocycles. The van der Waals surface area contributed by atoms with Gasteiger partial charge in [0.1, 0.15) is 0 Å². The van der Waals surface area contributed by atoms with Crippen LogP contribution in [0.3, 0.4) is 0 Å². The van der Waals surface area contributed by atoms with Crippen molar-refractivity contribution in [3.8, 4) is 33.6 Å². The van der Waals surface area contributed by atoms with Crippen LogP contribution >= 0.6 is 0 Å². The van der Waals surface area contributed by atoms with Gasteiger partial charge < -0.3 is 24.0 Å². The summed E-state index contributed by atoms with van der Waals surface area (Å²) in [6, 6.07) is 47.3. The maximum atomic E-state index is 2.44. The van der Waals surface area contributed by atoms with Crippen LogP contribution in [0.5, 0.6) is 0 Å². The number of pyridine rings is 1. The maximum Gasteiger partial charge on any atom is 0.213 e. The number of hydrogen-bond donors (Lipinski definition) is 0. The number of nitrogens with zero attached hydrogens (tertiary/aromatic N) is 1. The van der Waals surface area contributed by atoms with Crippen LogP contribution in [0.25, 0.3) is 33.6 Å². The molecule has 0 aliphatic carbocycles. The van der Waals surface area contributed by atoms with E-state index in [9.17, 15) is 0 Å².